The normalized spacial score (nSPS) is 17.8. The highest BCUT2D eigenvalue weighted by Gasteiger charge is 2.27. The van der Waals surface area contributed by atoms with E-state index >= 15 is 0 Å². The lowest BCUT2D eigenvalue weighted by atomic mass is 9.86. The standard InChI is InChI=1S/C27H28N2O3S/c1-18-11-13-29(14-12-18)24(30)17-32-27(31)25-21-8-2-3-10-23(21)28-26-19(6-4-9-22(25)26)16-20-7-5-15-33-20/h2-3,5,7-8,10,15-16,18H,4,6,9,11-14,17H2,1H3. The fourth-order valence-corrected chi connectivity index (χ4v) is 5.48. The number of rotatable bonds is 4. The average Bonchev–Trinajstić information content (AvgIpc) is 3.35. The Morgan fingerprint density at radius 3 is 2.76 bits per heavy atom. The van der Waals surface area contributed by atoms with Crippen molar-refractivity contribution in [1.29, 1.82) is 0 Å². The van der Waals surface area contributed by atoms with E-state index in [9.17, 15) is 9.59 Å². The molecule has 0 unspecified atom stereocenters. The first-order valence-electron chi connectivity index (χ1n) is 11.7. The monoisotopic (exact) mass is 460 g/mol. The second-order valence-corrected chi connectivity index (χ2v) is 9.99. The van der Waals surface area contributed by atoms with Gasteiger partial charge in [0.1, 0.15) is 0 Å². The summed E-state index contributed by atoms with van der Waals surface area (Å²) in [6.45, 7) is 3.47. The van der Waals surface area contributed by atoms with Gasteiger partial charge in [-0.05, 0) is 72.7 Å². The van der Waals surface area contributed by atoms with Crippen LogP contribution in [0.15, 0.2) is 41.8 Å². The summed E-state index contributed by atoms with van der Waals surface area (Å²) < 4.78 is 5.61. The van der Waals surface area contributed by atoms with Gasteiger partial charge in [-0.3, -0.25) is 4.79 Å². The molecule has 2 aliphatic rings. The molecule has 1 fully saturated rings. The number of ether oxygens (including phenoxy) is 1. The molecule has 0 atom stereocenters. The van der Waals surface area contributed by atoms with E-state index in [2.05, 4.69) is 24.4 Å². The maximum absolute atomic E-state index is 13.4. The third kappa shape index (κ3) is 4.58. The number of nitrogens with zero attached hydrogens (tertiary/aromatic N) is 2. The molecule has 6 heteroatoms. The lowest BCUT2D eigenvalue weighted by Gasteiger charge is -2.30. The molecule has 1 aliphatic heterocycles. The summed E-state index contributed by atoms with van der Waals surface area (Å²) in [6.07, 6.45) is 6.84. The third-order valence-corrected chi connectivity index (χ3v) is 7.52. The van der Waals surface area contributed by atoms with Crippen molar-refractivity contribution in [2.24, 2.45) is 5.92 Å². The van der Waals surface area contributed by atoms with Crippen LogP contribution in [-0.4, -0.2) is 41.5 Å². The van der Waals surface area contributed by atoms with Gasteiger partial charge in [0.25, 0.3) is 5.91 Å². The highest BCUT2D eigenvalue weighted by atomic mass is 32.1. The number of carbonyl (C=O) groups is 2. The number of benzene rings is 1. The van der Waals surface area contributed by atoms with Crippen LogP contribution >= 0.6 is 11.3 Å². The van der Waals surface area contributed by atoms with Gasteiger partial charge >= 0.3 is 5.97 Å². The van der Waals surface area contributed by atoms with Crippen molar-refractivity contribution in [1.82, 2.24) is 9.88 Å². The molecule has 3 aromatic rings. The molecule has 5 rings (SSSR count). The Hall–Kier alpha value is -2.99. The fourth-order valence-electron chi connectivity index (χ4n) is 4.80. The summed E-state index contributed by atoms with van der Waals surface area (Å²) in [7, 11) is 0. The Labute approximate surface area is 198 Å². The van der Waals surface area contributed by atoms with E-state index in [1.54, 1.807) is 11.3 Å². The number of amides is 1. The Morgan fingerprint density at radius 2 is 1.97 bits per heavy atom. The molecular formula is C27H28N2O3S. The van der Waals surface area contributed by atoms with Crippen LogP contribution in [0.2, 0.25) is 0 Å². The van der Waals surface area contributed by atoms with E-state index < -0.39 is 5.97 Å². The van der Waals surface area contributed by atoms with Crippen molar-refractivity contribution in [2.75, 3.05) is 19.7 Å². The van der Waals surface area contributed by atoms with Gasteiger partial charge in [0.2, 0.25) is 0 Å². The zero-order chi connectivity index (χ0) is 22.8. The second-order valence-electron chi connectivity index (χ2n) is 9.01. The Morgan fingerprint density at radius 1 is 1.15 bits per heavy atom. The number of likely N-dealkylation sites (tertiary alicyclic amines) is 1. The van der Waals surface area contributed by atoms with Gasteiger partial charge in [-0.15, -0.1) is 11.3 Å². The number of carbonyl (C=O) groups excluding carboxylic acids is 2. The maximum atomic E-state index is 13.4. The lowest BCUT2D eigenvalue weighted by molar-refractivity contribution is -0.135. The van der Waals surface area contributed by atoms with E-state index in [0.717, 1.165) is 72.9 Å². The number of para-hydroxylation sites is 1. The number of fused-ring (bicyclic) bond motifs is 2. The molecule has 170 valence electrons. The predicted molar refractivity (Wildman–Crippen MR) is 132 cm³/mol. The topological polar surface area (TPSA) is 59.5 Å². The number of hydrogen-bond acceptors (Lipinski definition) is 5. The van der Waals surface area contributed by atoms with E-state index in [4.69, 9.17) is 9.72 Å². The number of aromatic nitrogens is 1. The smallest absolute Gasteiger partial charge is 0.339 e. The van der Waals surface area contributed by atoms with Gasteiger partial charge in [0.15, 0.2) is 6.61 Å². The summed E-state index contributed by atoms with van der Waals surface area (Å²) in [6, 6.07) is 11.8. The molecule has 2 aromatic heterocycles. The van der Waals surface area contributed by atoms with E-state index in [1.165, 1.54) is 4.88 Å². The Bertz CT molecular complexity index is 1210. The van der Waals surface area contributed by atoms with Gasteiger partial charge < -0.3 is 9.64 Å². The van der Waals surface area contributed by atoms with Crippen molar-refractivity contribution >= 4 is 45.8 Å². The fraction of sp³-hybridized carbons (Fsp3) is 0.370. The van der Waals surface area contributed by atoms with Crippen LogP contribution in [0.3, 0.4) is 0 Å². The highest BCUT2D eigenvalue weighted by molar-refractivity contribution is 7.10. The summed E-state index contributed by atoms with van der Waals surface area (Å²) in [5.41, 5.74) is 4.31. The molecular weight excluding hydrogens is 432 g/mol. The van der Waals surface area contributed by atoms with E-state index in [0.29, 0.717) is 11.5 Å². The summed E-state index contributed by atoms with van der Waals surface area (Å²) in [5.74, 6) is 0.101. The first kappa shape index (κ1) is 21.8. The summed E-state index contributed by atoms with van der Waals surface area (Å²) in [4.78, 5) is 34.0. The molecule has 0 radical (unpaired) electrons. The van der Waals surface area contributed by atoms with Crippen molar-refractivity contribution in [3.05, 3.63) is 63.5 Å². The van der Waals surface area contributed by atoms with E-state index in [-0.39, 0.29) is 12.5 Å². The molecule has 0 spiro atoms. The molecule has 5 nitrogen and oxygen atoms in total. The minimum Gasteiger partial charge on any atom is -0.452 e. The van der Waals surface area contributed by atoms with Crippen LogP contribution in [0.4, 0.5) is 0 Å². The number of piperidine rings is 1. The molecule has 1 aliphatic carbocycles. The third-order valence-electron chi connectivity index (χ3n) is 6.70. The predicted octanol–water partition coefficient (Wildman–Crippen LogP) is 5.59. The molecule has 1 amide bonds. The quantitative estimate of drug-likeness (QED) is 0.476. The molecule has 1 saturated heterocycles. The highest BCUT2D eigenvalue weighted by Crippen LogP contribution is 2.36. The van der Waals surface area contributed by atoms with Crippen molar-refractivity contribution in [2.45, 2.75) is 39.0 Å². The van der Waals surface area contributed by atoms with Crippen LogP contribution in [0.5, 0.6) is 0 Å². The number of pyridine rings is 1. The maximum Gasteiger partial charge on any atom is 0.339 e. The van der Waals surface area contributed by atoms with Gasteiger partial charge in [0, 0.05) is 23.4 Å². The Balaban J connectivity index is 1.46. The molecule has 0 saturated carbocycles. The minimum atomic E-state index is -0.430. The summed E-state index contributed by atoms with van der Waals surface area (Å²) in [5, 5.41) is 2.85. The first-order valence-corrected chi connectivity index (χ1v) is 12.6. The number of esters is 1. The number of hydrogen-bond donors (Lipinski definition) is 0. The van der Waals surface area contributed by atoms with Crippen LogP contribution in [0.1, 0.15) is 59.1 Å². The van der Waals surface area contributed by atoms with Gasteiger partial charge in [0.05, 0.1) is 16.8 Å². The number of allylic oxidation sites excluding steroid dienone is 1. The SMILES string of the molecule is CC1CCN(C(=O)COC(=O)c2c3c(nc4ccccc24)C(=Cc2cccs2)CCC3)CC1. The van der Waals surface area contributed by atoms with Crippen LogP contribution < -0.4 is 0 Å². The largest absolute Gasteiger partial charge is 0.452 e. The van der Waals surface area contributed by atoms with E-state index in [1.807, 2.05) is 35.2 Å². The molecule has 1 aromatic carbocycles. The molecule has 3 heterocycles. The number of thiophene rings is 1. The molecule has 0 N–H and O–H groups in total. The summed E-state index contributed by atoms with van der Waals surface area (Å²) >= 11 is 1.69. The van der Waals surface area contributed by atoms with Gasteiger partial charge in [-0.2, -0.15) is 0 Å². The van der Waals surface area contributed by atoms with Crippen molar-refractivity contribution in [3.8, 4) is 0 Å². The minimum absolute atomic E-state index is 0.110. The molecule has 33 heavy (non-hydrogen) atoms. The van der Waals surface area contributed by atoms with Gasteiger partial charge in [-0.1, -0.05) is 31.2 Å². The van der Waals surface area contributed by atoms with Crippen molar-refractivity contribution < 1.29 is 14.3 Å². The zero-order valence-electron chi connectivity index (χ0n) is 18.9. The second kappa shape index (κ2) is 9.48. The zero-order valence-corrected chi connectivity index (χ0v) is 19.7. The van der Waals surface area contributed by atoms with Crippen LogP contribution in [-0.2, 0) is 16.0 Å². The molecule has 0 bridgehead atoms. The van der Waals surface area contributed by atoms with Gasteiger partial charge in [-0.25, -0.2) is 9.78 Å². The first-order chi connectivity index (χ1) is 16.1. The lowest BCUT2D eigenvalue weighted by Crippen LogP contribution is -2.40. The average molecular weight is 461 g/mol. The van der Waals surface area contributed by atoms with Crippen LogP contribution in [0, 0.1) is 5.92 Å². The van der Waals surface area contributed by atoms with Crippen molar-refractivity contribution in [3.63, 3.8) is 0 Å². The van der Waals surface area contributed by atoms with Crippen LogP contribution in [0.25, 0.3) is 22.6 Å². The Kier molecular flexibility index (Phi) is 6.27.